The van der Waals surface area contributed by atoms with Crippen LogP contribution in [-0.2, 0) is 0 Å². The first-order chi connectivity index (χ1) is 6.95. The Bertz CT molecular complexity index is 385. The van der Waals surface area contributed by atoms with E-state index in [0.717, 1.165) is 12.8 Å². The third-order valence-corrected chi connectivity index (χ3v) is 2.17. The van der Waals surface area contributed by atoms with Crippen LogP contribution in [0.15, 0.2) is 71.2 Å². The fraction of sp³-hybridized carbons (Fsp3) is 0.143. The zero-order valence-corrected chi connectivity index (χ0v) is 8.03. The van der Waals surface area contributed by atoms with E-state index in [4.69, 9.17) is 0 Å². The summed E-state index contributed by atoms with van der Waals surface area (Å²) in [5, 5.41) is 0. The van der Waals surface area contributed by atoms with Gasteiger partial charge in [-0.05, 0) is 36.1 Å². The molecule has 0 aromatic carbocycles. The second-order valence-electron chi connectivity index (χ2n) is 3.27. The summed E-state index contributed by atoms with van der Waals surface area (Å²) >= 11 is 0. The van der Waals surface area contributed by atoms with Gasteiger partial charge in [0, 0.05) is 0 Å². The molecule has 0 nitrogen and oxygen atoms in total. The molecule has 2 rings (SSSR count). The maximum Gasteiger partial charge on any atom is -0.00225 e. The molecule has 14 heavy (non-hydrogen) atoms. The Kier molecular flexibility index (Phi) is 2.83. The largest absolute Gasteiger partial charge is 0.117 e. The van der Waals surface area contributed by atoms with Crippen molar-refractivity contribution in [1.82, 2.24) is 0 Å². The molecule has 0 N–H and O–H groups in total. The Morgan fingerprint density at radius 3 is 1.71 bits per heavy atom. The third-order valence-electron chi connectivity index (χ3n) is 2.17. The average molecular weight is 180 g/mol. The summed E-state index contributed by atoms with van der Waals surface area (Å²) in [5.74, 6) is 0. The summed E-state index contributed by atoms with van der Waals surface area (Å²) in [6.45, 7) is 0. The van der Waals surface area contributed by atoms with Gasteiger partial charge in [-0.25, -0.2) is 0 Å². The molecule has 0 fully saturated rings. The van der Waals surface area contributed by atoms with Gasteiger partial charge in [0.05, 0.1) is 0 Å². The Balaban J connectivity index is 1.78. The van der Waals surface area contributed by atoms with Crippen LogP contribution in [0.4, 0.5) is 0 Å². The van der Waals surface area contributed by atoms with Crippen LogP contribution in [0.1, 0.15) is 12.8 Å². The third kappa shape index (κ3) is 2.37. The molecule has 0 saturated heterocycles. The van der Waals surface area contributed by atoms with Crippen molar-refractivity contribution in [3.63, 3.8) is 0 Å². The van der Waals surface area contributed by atoms with Gasteiger partial charge < -0.3 is 0 Å². The van der Waals surface area contributed by atoms with E-state index in [0.29, 0.717) is 0 Å². The predicted octanol–water partition coefficient (Wildman–Crippen LogP) is 3.63. The molecule has 0 saturated carbocycles. The number of allylic oxidation sites excluding steroid dienone is 8. The SMILES string of the molecule is C1=CC=CC=1C/C=C\CC1=C=CC=C1. The molecule has 0 spiro atoms. The molecular weight excluding hydrogens is 168 g/mol. The Morgan fingerprint density at radius 1 is 0.857 bits per heavy atom. The van der Waals surface area contributed by atoms with E-state index < -0.39 is 0 Å². The zero-order valence-electron chi connectivity index (χ0n) is 8.03. The van der Waals surface area contributed by atoms with Crippen molar-refractivity contribution in [3.8, 4) is 0 Å². The molecule has 0 aliphatic heterocycles. The van der Waals surface area contributed by atoms with Crippen molar-refractivity contribution < 1.29 is 0 Å². The van der Waals surface area contributed by atoms with Gasteiger partial charge in [0.2, 0.25) is 0 Å². The fourth-order valence-corrected chi connectivity index (χ4v) is 1.41. The number of hydrogen-bond acceptors (Lipinski definition) is 0. The molecule has 2 aliphatic rings. The van der Waals surface area contributed by atoms with E-state index in [1.54, 1.807) is 0 Å². The lowest BCUT2D eigenvalue weighted by atomic mass is 10.1. The molecule has 0 atom stereocenters. The highest BCUT2D eigenvalue weighted by atomic mass is 14.0. The highest BCUT2D eigenvalue weighted by Gasteiger charge is 1.92. The van der Waals surface area contributed by atoms with Crippen LogP contribution in [-0.4, -0.2) is 0 Å². The quantitative estimate of drug-likeness (QED) is 0.458. The first-order valence-corrected chi connectivity index (χ1v) is 4.84. The lowest BCUT2D eigenvalue weighted by Gasteiger charge is -1.91. The lowest BCUT2D eigenvalue weighted by Crippen LogP contribution is -1.72. The van der Waals surface area contributed by atoms with Crippen molar-refractivity contribution in [2.75, 3.05) is 0 Å². The Labute approximate surface area is 84.6 Å². The van der Waals surface area contributed by atoms with Gasteiger partial charge in [-0.3, -0.25) is 0 Å². The van der Waals surface area contributed by atoms with Crippen LogP contribution in [0.5, 0.6) is 0 Å². The molecule has 0 radical (unpaired) electrons. The minimum atomic E-state index is 0.980. The fourth-order valence-electron chi connectivity index (χ4n) is 1.41. The molecule has 0 heteroatoms. The molecule has 0 bridgehead atoms. The van der Waals surface area contributed by atoms with E-state index in [9.17, 15) is 0 Å². The van der Waals surface area contributed by atoms with Gasteiger partial charge in [0.1, 0.15) is 0 Å². The number of rotatable bonds is 4. The van der Waals surface area contributed by atoms with Gasteiger partial charge in [-0.15, -0.1) is 11.5 Å². The summed E-state index contributed by atoms with van der Waals surface area (Å²) in [7, 11) is 0. The van der Waals surface area contributed by atoms with Crippen molar-refractivity contribution in [2.45, 2.75) is 12.8 Å². The minimum absolute atomic E-state index is 0.980. The Morgan fingerprint density at radius 2 is 1.36 bits per heavy atom. The highest BCUT2D eigenvalue weighted by molar-refractivity contribution is 5.32. The predicted molar refractivity (Wildman–Crippen MR) is 59.8 cm³/mol. The van der Waals surface area contributed by atoms with Crippen LogP contribution in [0.3, 0.4) is 0 Å². The molecule has 0 aromatic rings. The molecule has 0 unspecified atom stereocenters. The molecular formula is C14H12. The molecule has 0 heterocycles. The summed E-state index contributed by atoms with van der Waals surface area (Å²) in [6, 6.07) is 0. The van der Waals surface area contributed by atoms with Crippen LogP contribution in [0.25, 0.3) is 0 Å². The normalized spacial score (nSPS) is 17.1. The van der Waals surface area contributed by atoms with Crippen LogP contribution in [0, 0.1) is 0 Å². The van der Waals surface area contributed by atoms with E-state index in [-0.39, 0.29) is 0 Å². The van der Waals surface area contributed by atoms with Crippen LogP contribution >= 0.6 is 0 Å². The lowest BCUT2D eigenvalue weighted by molar-refractivity contribution is 1.23. The summed E-state index contributed by atoms with van der Waals surface area (Å²) in [5.41, 5.74) is 8.86. The van der Waals surface area contributed by atoms with Crippen LogP contribution < -0.4 is 0 Å². The summed E-state index contributed by atoms with van der Waals surface area (Å²) < 4.78 is 0. The molecule has 2 aliphatic carbocycles. The molecule has 68 valence electrons. The van der Waals surface area contributed by atoms with Gasteiger partial charge in [0.15, 0.2) is 0 Å². The van der Waals surface area contributed by atoms with Crippen LogP contribution in [0.2, 0.25) is 0 Å². The smallest absolute Gasteiger partial charge is 0.00225 e. The van der Waals surface area contributed by atoms with Crippen molar-refractivity contribution in [3.05, 3.63) is 71.2 Å². The monoisotopic (exact) mass is 180 g/mol. The average Bonchev–Trinajstić information content (AvgIpc) is 2.86. The minimum Gasteiger partial charge on any atom is -0.117 e. The number of hydrogen-bond donors (Lipinski definition) is 0. The standard InChI is InChI=1S/C14H12/c1-2-8-13(7-1)11-5-6-12-14-9-3-4-10-14/h1-7,9H,11-12H2/b6-5-. The second-order valence-corrected chi connectivity index (χ2v) is 3.27. The van der Waals surface area contributed by atoms with Gasteiger partial charge in [-0.2, -0.15) is 0 Å². The van der Waals surface area contributed by atoms with E-state index >= 15 is 0 Å². The summed E-state index contributed by atoms with van der Waals surface area (Å²) in [6.07, 6.45) is 18.5. The first kappa shape index (κ1) is 8.84. The van der Waals surface area contributed by atoms with E-state index in [1.165, 1.54) is 11.1 Å². The van der Waals surface area contributed by atoms with Crippen molar-refractivity contribution in [1.29, 1.82) is 0 Å². The summed E-state index contributed by atoms with van der Waals surface area (Å²) in [4.78, 5) is 0. The molecule has 0 aromatic heterocycles. The zero-order chi connectivity index (χ0) is 9.64. The first-order valence-electron chi connectivity index (χ1n) is 4.84. The van der Waals surface area contributed by atoms with Gasteiger partial charge in [0.25, 0.3) is 0 Å². The van der Waals surface area contributed by atoms with E-state index in [1.807, 2.05) is 24.3 Å². The second kappa shape index (κ2) is 4.48. The van der Waals surface area contributed by atoms with Gasteiger partial charge in [-0.1, -0.05) is 36.5 Å². The van der Waals surface area contributed by atoms with Crippen molar-refractivity contribution >= 4 is 0 Å². The van der Waals surface area contributed by atoms with E-state index in [2.05, 4.69) is 35.8 Å². The van der Waals surface area contributed by atoms with Gasteiger partial charge >= 0.3 is 0 Å². The molecule has 0 amide bonds. The maximum atomic E-state index is 3.17. The van der Waals surface area contributed by atoms with Crippen molar-refractivity contribution in [2.24, 2.45) is 0 Å². The maximum absolute atomic E-state index is 3.17. The highest BCUT2D eigenvalue weighted by Crippen LogP contribution is 2.10. The Hall–Kier alpha value is -1.74. The topological polar surface area (TPSA) is 0 Å².